The highest BCUT2D eigenvalue weighted by molar-refractivity contribution is 4.77. The maximum atomic E-state index is 11.6. The highest BCUT2D eigenvalue weighted by Crippen LogP contribution is 1.96. The molecule has 5 nitrogen and oxygen atoms in total. The Kier molecular flexibility index (Phi) is 5.13. The number of aryl methyl sites for hydroxylation is 1. The Labute approximate surface area is 85.8 Å². The predicted molar refractivity (Wildman–Crippen MR) is 47.6 cm³/mol. The first-order valence-corrected chi connectivity index (χ1v) is 4.54. The van der Waals surface area contributed by atoms with Gasteiger partial charge in [0.25, 0.3) is 6.43 Å². The lowest BCUT2D eigenvalue weighted by Gasteiger charge is -2.03. The van der Waals surface area contributed by atoms with Crippen LogP contribution in [0.15, 0.2) is 4.42 Å². The number of halogens is 2. The fourth-order valence-electron chi connectivity index (χ4n) is 0.921. The van der Waals surface area contributed by atoms with Crippen molar-refractivity contribution in [3.05, 3.63) is 11.8 Å². The van der Waals surface area contributed by atoms with E-state index in [1.807, 2.05) is 0 Å². The highest BCUT2D eigenvalue weighted by atomic mass is 19.3. The fraction of sp³-hybridized carbons (Fsp3) is 0.750. The van der Waals surface area contributed by atoms with E-state index in [0.29, 0.717) is 24.9 Å². The molecule has 0 atom stereocenters. The van der Waals surface area contributed by atoms with E-state index in [9.17, 15) is 8.78 Å². The van der Waals surface area contributed by atoms with Gasteiger partial charge >= 0.3 is 0 Å². The van der Waals surface area contributed by atoms with Crippen LogP contribution in [0.25, 0.3) is 0 Å². The van der Waals surface area contributed by atoms with Gasteiger partial charge in [-0.2, -0.15) is 0 Å². The molecule has 0 amide bonds. The van der Waals surface area contributed by atoms with Crippen molar-refractivity contribution in [2.24, 2.45) is 0 Å². The SMILES string of the molecule is Cc1nnc(CNCCOCC(F)F)o1. The zero-order valence-corrected chi connectivity index (χ0v) is 8.37. The van der Waals surface area contributed by atoms with Gasteiger partial charge in [-0.15, -0.1) is 10.2 Å². The number of alkyl halides is 2. The smallest absolute Gasteiger partial charge is 0.261 e. The zero-order valence-electron chi connectivity index (χ0n) is 8.37. The molecule has 0 aromatic carbocycles. The van der Waals surface area contributed by atoms with Crippen LogP contribution in [0.2, 0.25) is 0 Å². The molecular formula is C8H13F2N3O2. The van der Waals surface area contributed by atoms with E-state index in [0.717, 1.165) is 0 Å². The summed E-state index contributed by atoms with van der Waals surface area (Å²) in [6.07, 6.45) is -2.41. The summed E-state index contributed by atoms with van der Waals surface area (Å²) < 4.78 is 33.0. The standard InChI is InChI=1S/C8H13F2N3O2/c1-6-12-13-8(15-6)4-11-2-3-14-5-7(9)10/h7,11H,2-5H2,1H3. The minimum absolute atomic E-state index is 0.234. The Bertz CT molecular complexity index is 281. The summed E-state index contributed by atoms with van der Waals surface area (Å²) in [6, 6.07) is 0. The lowest BCUT2D eigenvalue weighted by Crippen LogP contribution is -2.20. The quantitative estimate of drug-likeness (QED) is 0.688. The molecule has 0 saturated carbocycles. The van der Waals surface area contributed by atoms with Gasteiger partial charge in [-0.1, -0.05) is 0 Å². The van der Waals surface area contributed by atoms with Gasteiger partial charge in [0.15, 0.2) is 0 Å². The molecule has 1 rings (SSSR count). The Morgan fingerprint density at radius 3 is 2.87 bits per heavy atom. The molecule has 1 heterocycles. The van der Waals surface area contributed by atoms with Crippen LogP contribution in [0.5, 0.6) is 0 Å². The maximum absolute atomic E-state index is 11.6. The normalized spacial score (nSPS) is 11.2. The van der Waals surface area contributed by atoms with E-state index in [-0.39, 0.29) is 6.61 Å². The van der Waals surface area contributed by atoms with Crippen molar-refractivity contribution < 1.29 is 17.9 Å². The molecule has 1 aromatic rings. The molecule has 0 aliphatic rings. The van der Waals surface area contributed by atoms with Crippen molar-refractivity contribution in [1.82, 2.24) is 15.5 Å². The molecule has 0 unspecified atom stereocenters. The lowest BCUT2D eigenvalue weighted by molar-refractivity contribution is 0.0186. The number of hydrogen-bond donors (Lipinski definition) is 1. The van der Waals surface area contributed by atoms with Gasteiger partial charge in [0, 0.05) is 13.5 Å². The topological polar surface area (TPSA) is 60.2 Å². The Hall–Kier alpha value is -1.08. The second kappa shape index (κ2) is 6.41. The van der Waals surface area contributed by atoms with Crippen molar-refractivity contribution in [2.45, 2.75) is 19.9 Å². The average molecular weight is 221 g/mol. The van der Waals surface area contributed by atoms with E-state index < -0.39 is 13.0 Å². The van der Waals surface area contributed by atoms with E-state index in [1.54, 1.807) is 6.92 Å². The molecule has 0 saturated heterocycles. The molecule has 0 spiro atoms. The fourth-order valence-corrected chi connectivity index (χ4v) is 0.921. The maximum Gasteiger partial charge on any atom is 0.261 e. The third-order valence-corrected chi connectivity index (χ3v) is 1.51. The molecule has 0 fully saturated rings. The molecule has 86 valence electrons. The molecular weight excluding hydrogens is 208 g/mol. The summed E-state index contributed by atoms with van der Waals surface area (Å²) in [6.45, 7) is 2.29. The highest BCUT2D eigenvalue weighted by Gasteiger charge is 2.02. The second-order valence-electron chi connectivity index (χ2n) is 2.86. The van der Waals surface area contributed by atoms with E-state index in [1.165, 1.54) is 0 Å². The zero-order chi connectivity index (χ0) is 11.1. The first-order valence-electron chi connectivity index (χ1n) is 4.54. The number of nitrogens with zero attached hydrogens (tertiary/aromatic N) is 2. The molecule has 0 radical (unpaired) electrons. The Balaban J connectivity index is 1.98. The molecule has 1 aromatic heterocycles. The molecule has 0 aliphatic carbocycles. The predicted octanol–water partition coefficient (Wildman–Crippen LogP) is 0.749. The van der Waals surface area contributed by atoms with Crippen LogP contribution in [0.3, 0.4) is 0 Å². The van der Waals surface area contributed by atoms with Gasteiger partial charge in [0.05, 0.1) is 13.2 Å². The lowest BCUT2D eigenvalue weighted by atomic mass is 10.6. The van der Waals surface area contributed by atoms with Crippen LogP contribution in [0.1, 0.15) is 11.8 Å². The number of hydrogen-bond acceptors (Lipinski definition) is 5. The summed E-state index contributed by atoms with van der Waals surface area (Å²) in [7, 11) is 0. The molecule has 0 aliphatic heterocycles. The van der Waals surface area contributed by atoms with Gasteiger partial charge in [0.2, 0.25) is 11.8 Å². The van der Waals surface area contributed by atoms with Crippen molar-refractivity contribution in [2.75, 3.05) is 19.8 Å². The summed E-state index contributed by atoms with van der Waals surface area (Å²) >= 11 is 0. The van der Waals surface area contributed by atoms with Crippen LogP contribution >= 0.6 is 0 Å². The summed E-state index contributed by atoms with van der Waals surface area (Å²) in [5, 5.41) is 10.3. The number of nitrogens with one attached hydrogen (secondary N) is 1. The van der Waals surface area contributed by atoms with Crippen LogP contribution in [0, 0.1) is 6.92 Å². The van der Waals surface area contributed by atoms with Crippen molar-refractivity contribution in [3.8, 4) is 0 Å². The number of ether oxygens (including phenoxy) is 1. The van der Waals surface area contributed by atoms with Crippen LogP contribution < -0.4 is 5.32 Å². The number of rotatable bonds is 7. The third kappa shape index (κ3) is 5.38. The average Bonchev–Trinajstić information content (AvgIpc) is 2.57. The first-order chi connectivity index (χ1) is 7.18. The summed E-state index contributed by atoms with van der Waals surface area (Å²) in [4.78, 5) is 0. The third-order valence-electron chi connectivity index (χ3n) is 1.51. The van der Waals surface area contributed by atoms with Crippen LogP contribution in [-0.4, -0.2) is 36.4 Å². The molecule has 1 N–H and O–H groups in total. The van der Waals surface area contributed by atoms with E-state index >= 15 is 0 Å². The molecule has 0 bridgehead atoms. The van der Waals surface area contributed by atoms with Crippen molar-refractivity contribution in [3.63, 3.8) is 0 Å². The van der Waals surface area contributed by atoms with Crippen molar-refractivity contribution >= 4 is 0 Å². The summed E-state index contributed by atoms with van der Waals surface area (Å²) in [5.41, 5.74) is 0. The minimum atomic E-state index is -2.41. The first kappa shape index (κ1) is 12.0. The summed E-state index contributed by atoms with van der Waals surface area (Å²) in [5.74, 6) is 0.974. The van der Waals surface area contributed by atoms with Gasteiger partial charge in [0.1, 0.15) is 6.61 Å². The van der Waals surface area contributed by atoms with E-state index in [2.05, 4.69) is 20.3 Å². The van der Waals surface area contributed by atoms with Crippen LogP contribution in [0.4, 0.5) is 8.78 Å². The molecule has 15 heavy (non-hydrogen) atoms. The molecule has 7 heteroatoms. The van der Waals surface area contributed by atoms with E-state index in [4.69, 9.17) is 4.42 Å². The van der Waals surface area contributed by atoms with Crippen molar-refractivity contribution in [1.29, 1.82) is 0 Å². The monoisotopic (exact) mass is 221 g/mol. The van der Waals surface area contributed by atoms with Crippen LogP contribution in [-0.2, 0) is 11.3 Å². The largest absolute Gasteiger partial charge is 0.424 e. The second-order valence-corrected chi connectivity index (χ2v) is 2.86. The Morgan fingerprint density at radius 1 is 1.47 bits per heavy atom. The number of aromatic nitrogens is 2. The van der Waals surface area contributed by atoms with Gasteiger partial charge < -0.3 is 14.5 Å². The Morgan fingerprint density at radius 2 is 2.27 bits per heavy atom. The minimum Gasteiger partial charge on any atom is -0.424 e. The van der Waals surface area contributed by atoms with Gasteiger partial charge in [-0.25, -0.2) is 8.78 Å². The van der Waals surface area contributed by atoms with Gasteiger partial charge in [-0.3, -0.25) is 0 Å². The van der Waals surface area contributed by atoms with Gasteiger partial charge in [-0.05, 0) is 0 Å².